The van der Waals surface area contributed by atoms with Crippen molar-refractivity contribution in [3.63, 3.8) is 0 Å². The molecule has 104 valence electrons. The van der Waals surface area contributed by atoms with E-state index in [1.54, 1.807) is 0 Å². The molecule has 1 heterocycles. The highest BCUT2D eigenvalue weighted by Crippen LogP contribution is 2.23. The van der Waals surface area contributed by atoms with Gasteiger partial charge in [0.15, 0.2) is 5.82 Å². The molecule has 0 radical (unpaired) electrons. The van der Waals surface area contributed by atoms with Crippen LogP contribution >= 0.6 is 15.9 Å². The normalized spacial score (nSPS) is 10.6. The van der Waals surface area contributed by atoms with Gasteiger partial charge in [-0.3, -0.25) is 0 Å². The number of halogens is 1. The Kier molecular flexibility index (Phi) is 3.80. The molecule has 1 aromatic heterocycles. The highest BCUT2D eigenvalue weighted by atomic mass is 79.9. The van der Waals surface area contributed by atoms with E-state index in [1.807, 2.05) is 43.3 Å². The van der Waals surface area contributed by atoms with Gasteiger partial charge in [0, 0.05) is 15.6 Å². The molecule has 0 fully saturated rings. The van der Waals surface area contributed by atoms with Gasteiger partial charge in [0.1, 0.15) is 5.69 Å². The summed E-state index contributed by atoms with van der Waals surface area (Å²) in [6.07, 6.45) is 0. The lowest BCUT2D eigenvalue weighted by Crippen LogP contribution is -1.99. The minimum Gasteiger partial charge on any atom is -0.230 e. The van der Waals surface area contributed by atoms with Gasteiger partial charge in [-0.05, 0) is 26.0 Å². The SMILES string of the molecule is Cc1ccc(-c2nnc(-c3ccc(Br)cc3)c(C)n2)cc1. The summed E-state index contributed by atoms with van der Waals surface area (Å²) in [6, 6.07) is 16.1. The summed E-state index contributed by atoms with van der Waals surface area (Å²) in [4.78, 5) is 4.59. The van der Waals surface area contributed by atoms with Crippen LogP contribution in [0.1, 0.15) is 11.3 Å². The van der Waals surface area contributed by atoms with Crippen molar-refractivity contribution in [3.05, 3.63) is 64.3 Å². The maximum Gasteiger partial charge on any atom is 0.182 e. The molecule has 0 bridgehead atoms. The quantitative estimate of drug-likeness (QED) is 0.685. The number of rotatable bonds is 2. The molecule has 3 rings (SSSR count). The van der Waals surface area contributed by atoms with Crippen LogP contribution in [-0.2, 0) is 0 Å². The van der Waals surface area contributed by atoms with Crippen LogP contribution in [0.5, 0.6) is 0 Å². The summed E-state index contributed by atoms with van der Waals surface area (Å²) in [5, 5.41) is 8.61. The number of nitrogens with zero attached hydrogens (tertiary/aromatic N) is 3. The fourth-order valence-corrected chi connectivity index (χ4v) is 2.37. The van der Waals surface area contributed by atoms with E-state index in [4.69, 9.17) is 0 Å². The molecule has 0 atom stereocenters. The van der Waals surface area contributed by atoms with Gasteiger partial charge in [-0.1, -0.05) is 57.9 Å². The molecule has 4 heteroatoms. The van der Waals surface area contributed by atoms with Crippen LogP contribution in [0.4, 0.5) is 0 Å². The van der Waals surface area contributed by atoms with Gasteiger partial charge in [-0.15, -0.1) is 10.2 Å². The zero-order valence-electron chi connectivity index (χ0n) is 11.8. The zero-order valence-corrected chi connectivity index (χ0v) is 13.4. The van der Waals surface area contributed by atoms with Crippen molar-refractivity contribution >= 4 is 15.9 Å². The summed E-state index contributed by atoms with van der Waals surface area (Å²) < 4.78 is 1.04. The van der Waals surface area contributed by atoms with Crippen molar-refractivity contribution < 1.29 is 0 Å². The Labute approximate surface area is 132 Å². The lowest BCUT2D eigenvalue weighted by Gasteiger charge is -2.06. The summed E-state index contributed by atoms with van der Waals surface area (Å²) in [7, 11) is 0. The molecule has 0 aliphatic rings. The fraction of sp³-hybridized carbons (Fsp3) is 0.118. The van der Waals surface area contributed by atoms with Crippen molar-refractivity contribution in [3.8, 4) is 22.6 Å². The molecule has 0 N–H and O–H groups in total. The summed E-state index contributed by atoms with van der Waals surface area (Å²) in [5.41, 5.74) is 4.92. The Morgan fingerprint density at radius 2 is 1.38 bits per heavy atom. The van der Waals surface area contributed by atoms with Gasteiger partial charge >= 0.3 is 0 Å². The van der Waals surface area contributed by atoms with Gasteiger partial charge in [0.2, 0.25) is 0 Å². The summed E-state index contributed by atoms with van der Waals surface area (Å²) >= 11 is 3.43. The largest absolute Gasteiger partial charge is 0.230 e. The van der Waals surface area contributed by atoms with Crippen LogP contribution in [0.2, 0.25) is 0 Å². The Morgan fingerprint density at radius 3 is 2.00 bits per heavy atom. The lowest BCUT2D eigenvalue weighted by molar-refractivity contribution is 0.958. The first-order valence-corrected chi connectivity index (χ1v) is 7.47. The number of hydrogen-bond donors (Lipinski definition) is 0. The second-order valence-electron chi connectivity index (χ2n) is 4.94. The van der Waals surface area contributed by atoms with Crippen LogP contribution in [0, 0.1) is 13.8 Å². The first-order valence-electron chi connectivity index (χ1n) is 6.68. The van der Waals surface area contributed by atoms with E-state index in [0.717, 1.165) is 27.0 Å². The molecule has 0 saturated carbocycles. The van der Waals surface area contributed by atoms with Crippen LogP contribution < -0.4 is 0 Å². The second-order valence-corrected chi connectivity index (χ2v) is 5.86. The first-order chi connectivity index (χ1) is 10.1. The van der Waals surface area contributed by atoms with Crippen molar-refractivity contribution in [2.45, 2.75) is 13.8 Å². The molecular formula is C17H14BrN3. The Morgan fingerprint density at radius 1 is 0.762 bits per heavy atom. The van der Waals surface area contributed by atoms with Gasteiger partial charge in [0.25, 0.3) is 0 Å². The predicted molar refractivity (Wildman–Crippen MR) is 87.9 cm³/mol. The predicted octanol–water partition coefficient (Wildman–Crippen LogP) is 4.58. The highest BCUT2D eigenvalue weighted by Gasteiger charge is 2.09. The van der Waals surface area contributed by atoms with E-state index < -0.39 is 0 Å². The molecule has 3 aromatic rings. The topological polar surface area (TPSA) is 38.7 Å². The molecule has 0 aliphatic carbocycles. The highest BCUT2D eigenvalue weighted by molar-refractivity contribution is 9.10. The number of hydrogen-bond acceptors (Lipinski definition) is 3. The third-order valence-electron chi connectivity index (χ3n) is 3.29. The van der Waals surface area contributed by atoms with Gasteiger partial charge in [0.05, 0.1) is 5.69 Å². The third kappa shape index (κ3) is 3.00. The average Bonchev–Trinajstić information content (AvgIpc) is 2.49. The molecular weight excluding hydrogens is 326 g/mol. The number of benzene rings is 2. The van der Waals surface area contributed by atoms with Crippen LogP contribution in [-0.4, -0.2) is 15.2 Å². The summed E-state index contributed by atoms with van der Waals surface area (Å²) in [6.45, 7) is 4.02. The Bertz CT molecular complexity index is 765. The van der Waals surface area contributed by atoms with Crippen molar-refractivity contribution in [1.82, 2.24) is 15.2 Å². The van der Waals surface area contributed by atoms with E-state index in [1.165, 1.54) is 5.56 Å². The van der Waals surface area contributed by atoms with E-state index in [0.29, 0.717) is 5.82 Å². The number of aromatic nitrogens is 3. The number of aryl methyl sites for hydroxylation is 2. The van der Waals surface area contributed by atoms with Crippen LogP contribution in [0.3, 0.4) is 0 Å². The molecule has 21 heavy (non-hydrogen) atoms. The lowest BCUT2D eigenvalue weighted by atomic mass is 10.1. The minimum absolute atomic E-state index is 0.661. The van der Waals surface area contributed by atoms with Crippen molar-refractivity contribution in [1.29, 1.82) is 0 Å². The summed E-state index contributed by atoms with van der Waals surface area (Å²) in [5.74, 6) is 0.661. The zero-order chi connectivity index (χ0) is 14.8. The van der Waals surface area contributed by atoms with Gasteiger partial charge in [-0.25, -0.2) is 4.98 Å². The monoisotopic (exact) mass is 339 g/mol. The van der Waals surface area contributed by atoms with E-state index in [9.17, 15) is 0 Å². The van der Waals surface area contributed by atoms with Crippen molar-refractivity contribution in [2.24, 2.45) is 0 Å². The molecule has 0 spiro atoms. The Balaban J connectivity index is 1.99. The first kappa shape index (κ1) is 13.9. The standard InChI is InChI=1S/C17H14BrN3/c1-11-3-5-14(6-4-11)17-19-12(2)16(20-21-17)13-7-9-15(18)10-8-13/h3-10H,1-2H3. The molecule has 0 aliphatic heterocycles. The maximum absolute atomic E-state index is 4.59. The smallest absolute Gasteiger partial charge is 0.182 e. The maximum atomic E-state index is 4.59. The molecule has 0 unspecified atom stereocenters. The molecule has 2 aromatic carbocycles. The van der Waals surface area contributed by atoms with Crippen molar-refractivity contribution in [2.75, 3.05) is 0 Å². The van der Waals surface area contributed by atoms with Gasteiger partial charge < -0.3 is 0 Å². The Hall–Kier alpha value is -2.07. The van der Waals surface area contributed by atoms with Crippen LogP contribution in [0.25, 0.3) is 22.6 Å². The average molecular weight is 340 g/mol. The van der Waals surface area contributed by atoms with Crippen LogP contribution in [0.15, 0.2) is 53.0 Å². The van der Waals surface area contributed by atoms with Gasteiger partial charge in [-0.2, -0.15) is 0 Å². The van der Waals surface area contributed by atoms with E-state index in [-0.39, 0.29) is 0 Å². The van der Waals surface area contributed by atoms with E-state index >= 15 is 0 Å². The third-order valence-corrected chi connectivity index (χ3v) is 3.82. The minimum atomic E-state index is 0.661. The molecule has 3 nitrogen and oxygen atoms in total. The fourth-order valence-electron chi connectivity index (χ4n) is 2.10. The van der Waals surface area contributed by atoms with E-state index in [2.05, 4.69) is 50.2 Å². The molecule has 0 amide bonds. The second kappa shape index (κ2) is 5.74. The molecule has 0 saturated heterocycles.